The van der Waals surface area contributed by atoms with E-state index in [-0.39, 0.29) is 25.2 Å². The van der Waals surface area contributed by atoms with Crippen molar-refractivity contribution in [1.82, 2.24) is 5.32 Å². The van der Waals surface area contributed by atoms with Gasteiger partial charge >= 0.3 is 0 Å². The van der Waals surface area contributed by atoms with E-state index in [1.54, 1.807) is 25.3 Å². The van der Waals surface area contributed by atoms with Gasteiger partial charge in [-0.3, -0.25) is 4.79 Å². The zero-order chi connectivity index (χ0) is 15.0. The molecule has 0 aliphatic heterocycles. The van der Waals surface area contributed by atoms with Crippen LogP contribution in [0, 0.1) is 0 Å². The molecule has 0 aliphatic rings. The zero-order valence-corrected chi connectivity index (χ0v) is 12.0. The van der Waals surface area contributed by atoms with Crippen LogP contribution < -0.4 is 14.8 Å². The standard InChI is InChI=1S/C14H21NO5/c1-10(8-18-2)15-13(17)9-20-14-11(7-16)5-4-6-12(14)19-3/h4-6,10,16H,7-9H2,1-3H3,(H,15,17). The van der Waals surface area contributed by atoms with E-state index in [2.05, 4.69) is 5.32 Å². The van der Waals surface area contributed by atoms with Gasteiger partial charge in [-0.25, -0.2) is 0 Å². The molecule has 0 radical (unpaired) electrons. The van der Waals surface area contributed by atoms with Gasteiger partial charge in [0.2, 0.25) is 0 Å². The zero-order valence-electron chi connectivity index (χ0n) is 12.0. The molecule has 0 aliphatic carbocycles. The Morgan fingerprint density at radius 2 is 2.15 bits per heavy atom. The maximum Gasteiger partial charge on any atom is 0.258 e. The van der Waals surface area contributed by atoms with E-state index in [0.29, 0.717) is 23.7 Å². The van der Waals surface area contributed by atoms with Gasteiger partial charge in [0, 0.05) is 18.7 Å². The summed E-state index contributed by atoms with van der Waals surface area (Å²) in [6.07, 6.45) is 0. The van der Waals surface area contributed by atoms with Crippen LogP contribution in [0.25, 0.3) is 0 Å². The number of benzene rings is 1. The molecule has 1 amide bonds. The molecule has 0 heterocycles. The summed E-state index contributed by atoms with van der Waals surface area (Å²) in [6.45, 7) is 1.93. The van der Waals surface area contributed by atoms with Crippen molar-refractivity contribution in [1.29, 1.82) is 0 Å². The van der Waals surface area contributed by atoms with Gasteiger partial charge in [-0.1, -0.05) is 12.1 Å². The molecule has 1 aromatic carbocycles. The number of aliphatic hydroxyl groups is 1. The van der Waals surface area contributed by atoms with Crippen LogP contribution in [0.3, 0.4) is 0 Å². The Hall–Kier alpha value is -1.79. The molecule has 0 fully saturated rings. The van der Waals surface area contributed by atoms with E-state index in [9.17, 15) is 9.90 Å². The average Bonchev–Trinajstić information content (AvgIpc) is 2.44. The molecular weight excluding hydrogens is 262 g/mol. The topological polar surface area (TPSA) is 77.0 Å². The molecule has 0 saturated heterocycles. The van der Waals surface area contributed by atoms with Crippen LogP contribution in [-0.4, -0.2) is 44.5 Å². The maximum absolute atomic E-state index is 11.7. The second-order valence-corrected chi connectivity index (χ2v) is 4.32. The van der Waals surface area contributed by atoms with Gasteiger partial charge in [0.15, 0.2) is 18.1 Å². The lowest BCUT2D eigenvalue weighted by Crippen LogP contribution is -2.38. The van der Waals surface area contributed by atoms with Crippen molar-refractivity contribution >= 4 is 5.91 Å². The largest absolute Gasteiger partial charge is 0.493 e. The number of nitrogens with one attached hydrogen (secondary N) is 1. The minimum Gasteiger partial charge on any atom is -0.493 e. The van der Waals surface area contributed by atoms with Crippen molar-refractivity contribution in [3.05, 3.63) is 23.8 Å². The fourth-order valence-corrected chi connectivity index (χ4v) is 1.76. The van der Waals surface area contributed by atoms with Crippen LogP contribution in [0.4, 0.5) is 0 Å². The minimum atomic E-state index is -0.260. The molecule has 0 saturated carbocycles. The predicted molar refractivity (Wildman–Crippen MR) is 73.9 cm³/mol. The number of methoxy groups -OCH3 is 2. The highest BCUT2D eigenvalue weighted by Gasteiger charge is 2.13. The number of ether oxygens (including phenoxy) is 3. The molecule has 6 heteroatoms. The van der Waals surface area contributed by atoms with Crippen molar-refractivity contribution < 1.29 is 24.1 Å². The van der Waals surface area contributed by atoms with Crippen molar-refractivity contribution in [2.75, 3.05) is 27.4 Å². The SMILES string of the molecule is COCC(C)NC(=O)COc1c(CO)cccc1OC. The quantitative estimate of drug-likeness (QED) is 0.735. The first kappa shape index (κ1) is 16.3. The first-order chi connectivity index (χ1) is 9.62. The highest BCUT2D eigenvalue weighted by Crippen LogP contribution is 2.30. The van der Waals surface area contributed by atoms with Gasteiger partial charge in [0.25, 0.3) is 5.91 Å². The molecule has 20 heavy (non-hydrogen) atoms. The molecule has 0 bridgehead atoms. The lowest BCUT2D eigenvalue weighted by molar-refractivity contribution is -0.124. The number of amides is 1. The number of hydrogen-bond donors (Lipinski definition) is 2. The van der Waals surface area contributed by atoms with Crippen molar-refractivity contribution in [3.8, 4) is 11.5 Å². The van der Waals surface area contributed by atoms with Gasteiger partial charge in [0.05, 0.1) is 20.3 Å². The lowest BCUT2D eigenvalue weighted by Gasteiger charge is -2.16. The van der Waals surface area contributed by atoms with Crippen LogP contribution in [0.1, 0.15) is 12.5 Å². The highest BCUT2D eigenvalue weighted by molar-refractivity contribution is 5.78. The maximum atomic E-state index is 11.7. The van der Waals surface area contributed by atoms with Crippen LogP contribution in [0.5, 0.6) is 11.5 Å². The minimum absolute atomic E-state index is 0.0916. The third-order valence-electron chi connectivity index (χ3n) is 2.62. The Kier molecular flexibility index (Phi) is 6.83. The fraction of sp³-hybridized carbons (Fsp3) is 0.500. The van der Waals surface area contributed by atoms with E-state index in [1.165, 1.54) is 7.11 Å². The van der Waals surface area contributed by atoms with Gasteiger partial charge in [-0.2, -0.15) is 0 Å². The van der Waals surface area contributed by atoms with Gasteiger partial charge < -0.3 is 24.6 Å². The molecule has 1 aromatic rings. The third-order valence-corrected chi connectivity index (χ3v) is 2.62. The summed E-state index contributed by atoms with van der Waals surface area (Å²) in [5.74, 6) is 0.602. The highest BCUT2D eigenvalue weighted by atomic mass is 16.5. The Morgan fingerprint density at radius 3 is 2.75 bits per heavy atom. The monoisotopic (exact) mass is 283 g/mol. The second-order valence-electron chi connectivity index (χ2n) is 4.32. The number of para-hydroxylation sites is 1. The molecule has 6 nitrogen and oxygen atoms in total. The molecular formula is C14H21NO5. The van der Waals surface area contributed by atoms with Crippen molar-refractivity contribution in [3.63, 3.8) is 0 Å². The van der Waals surface area contributed by atoms with E-state index < -0.39 is 0 Å². The van der Waals surface area contributed by atoms with Crippen LogP contribution in [-0.2, 0) is 16.1 Å². The predicted octanol–water partition coefficient (Wildman–Crippen LogP) is 0.717. The summed E-state index contributed by atoms with van der Waals surface area (Å²) in [4.78, 5) is 11.7. The molecule has 0 spiro atoms. The number of carbonyl (C=O) groups excluding carboxylic acids is 1. The van der Waals surface area contributed by atoms with E-state index in [4.69, 9.17) is 14.2 Å². The molecule has 1 atom stereocenters. The van der Waals surface area contributed by atoms with Crippen LogP contribution in [0.2, 0.25) is 0 Å². The summed E-state index contributed by atoms with van der Waals surface area (Å²) in [7, 11) is 3.07. The summed E-state index contributed by atoms with van der Waals surface area (Å²) in [6, 6.07) is 5.08. The van der Waals surface area contributed by atoms with Gasteiger partial charge in [-0.15, -0.1) is 0 Å². The number of hydrogen-bond acceptors (Lipinski definition) is 5. The molecule has 1 unspecified atom stereocenters. The van der Waals surface area contributed by atoms with E-state index in [0.717, 1.165) is 0 Å². The first-order valence-electron chi connectivity index (χ1n) is 6.30. The molecule has 0 aromatic heterocycles. The Labute approximate surface area is 118 Å². The number of carbonyl (C=O) groups is 1. The Balaban J connectivity index is 2.63. The summed E-state index contributed by atoms with van der Waals surface area (Å²) in [5.41, 5.74) is 0.571. The number of aliphatic hydroxyl groups excluding tert-OH is 1. The molecule has 1 rings (SSSR count). The lowest BCUT2D eigenvalue weighted by atomic mass is 10.2. The van der Waals surface area contributed by atoms with Gasteiger partial charge in [-0.05, 0) is 13.0 Å². The van der Waals surface area contributed by atoms with Crippen LogP contribution in [0.15, 0.2) is 18.2 Å². The first-order valence-corrected chi connectivity index (χ1v) is 6.30. The average molecular weight is 283 g/mol. The summed E-state index contributed by atoms with van der Waals surface area (Å²) in [5, 5.41) is 12.0. The Morgan fingerprint density at radius 1 is 1.40 bits per heavy atom. The van der Waals surface area contributed by atoms with E-state index in [1.807, 2.05) is 6.92 Å². The Bertz CT molecular complexity index is 413. The van der Waals surface area contributed by atoms with Crippen LogP contribution >= 0.6 is 0 Å². The fourth-order valence-electron chi connectivity index (χ4n) is 1.76. The van der Waals surface area contributed by atoms with Crippen molar-refractivity contribution in [2.45, 2.75) is 19.6 Å². The molecule has 112 valence electrons. The summed E-state index contributed by atoms with van der Waals surface area (Å²) < 4.78 is 15.5. The van der Waals surface area contributed by atoms with E-state index >= 15 is 0 Å². The summed E-state index contributed by atoms with van der Waals surface area (Å²) >= 11 is 0. The second kappa shape index (κ2) is 8.39. The molecule has 2 N–H and O–H groups in total. The normalized spacial score (nSPS) is 11.8. The smallest absolute Gasteiger partial charge is 0.258 e. The number of rotatable bonds is 8. The van der Waals surface area contributed by atoms with Crippen molar-refractivity contribution in [2.24, 2.45) is 0 Å². The van der Waals surface area contributed by atoms with Gasteiger partial charge in [0.1, 0.15) is 0 Å². The third kappa shape index (κ3) is 4.71.